The number of carbonyl (C=O) groups is 1. The molecule has 1 fully saturated rings. The predicted octanol–water partition coefficient (Wildman–Crippen LogP) is 6.26. The number of piperazine rings is 1. The molecule has 1 aliphatic heterocycles. The molecule has 2 N–H and O–H groups in total. The lowest BCUT2D eigenvalue weighted by Gasteiger charge is -2.32. The quantitative estimate of drug-likeness (QED) is 0.280. The molecule has 38 heavy (non-hydrogen) atoms. The molecule has 1 amide bonds. The van der Waals surface area contributed by atoms with E-state index in [0.717, 1.165) is 35.6 Å². The molecule has 3 aromatic carbocycles. The monoisotopic (exact) mass is 584 g/mol. The van der Waals surface area contributed by atoms with Crippen molar-refractivity contribution < 1.29 is 22.7 Å². The van der Waals surface area contributed by atoms with Crippen molar-refractivity contribution in [3.8, 4) is 5.75 Å². The van der Waals surface area contributed by atoms with Crippen LogP contribution < -0.4 is 20.3 Å². The van der Waals surface area contributed by atoms with E-state index in [0.29, 0.717) is 34.5 Å². The van der Waals surface area contributed by atoms with E-state index in [4.69, 9.17) is 4.74 Å². The van der Waals surface area contributed by atoms with Crippen LogP contribution in [0.15, 0.2) is 77.4 Å². The van der Waals surface area contributed by atoms with Crippen molar-refractivity contribution in [3.63, 3.8) is 0 Å². The number of fused-ring (bicyclic) bond motifs is 1. The lowest BCUT2D eigenvalue weighted by molar-refractivity contribution is -0.139. The highest BCUT2D eigenvalue weighted by Gasteiger charge is 2.34. The van der Waals surface area contributed by atoms with Gasteiger partial charge in [-0.15, -0.1) is 0 Å². The minimum absolute atomic E-state index is 0.0914. The van der Waals surface area contributed by atoms with Gasteiger partial charge in [0, 0.05) is 47.8 Å². The van der Waals surface area contributed by atoms with E-state index in [1.54, 1.807) is 12.3 Å². The molecule has 0 unspecified atom stereocenters. The lowest BCUT2D eigenvalue weighted by atomic mass is 10.1. The Labute approximate surface area is 225 Å². The van der Waals surface area contributed by atoms with Gasteiger partial charge in [0.1, 0.15) is 18.1 Å². The largest absolute Gasteiger partial charge is 0.488 e. The van der Waals surface area contributed by atoms with Gasteiger partial charge in [-0.3, -0.25) is 9.78 Å². The van der Waals surface area contributed by atoms with Crippen LogP contribution in [0.25, 0.3) is 10.8 Å². The van der Waals surface area contributed by atoms with Gasteiger partial charge < -0.3 is 20.3 Å². The summed E-state index contributed by atoms with van der Waals surface area (Å²) in [4.78, 5) is 19.8. The number of hydrogen-bond acceptors (Lipinski definition) is 5. The zero-order valence-corrected chi connectivity index (χ0v) is 21.8. The van der Waals surface area contributed by atoms with Crippen molar-refractivity contribution in [2.45, 2.75) is 12.8 Å². The van der Waals surface area contributed by atoms with Gasteiger partial charge in [0.2, 0.25) is 0 Å². The number of rotatable bonds is 6. The van der Waals surface area contributed by atoms with Crippen molar-refractivity contribution in [1.29, 1.82) is 0 Å². The zero-order chi connectivity index (χ0) is 26.7. The molecule has 0 radical (unpaired) electrons. The van der Waals surface area contributed by atoms with Crippen LogP contribution in [-0.4, -0.2) is 37.1 Å². The highest BCUT2D eigenvalue weighted by atomic mass is 79.9. The highest BCUT2D eigenvalue weighted by Crippen LogP contribution is 2.38. The Bertz CT molecular complexity index is 1470. The Morgan fingerprint density at radius 3 is 2.58 bits per heavy atom. The van der Waals surface area contributed by atoms with E-state index in [1.807, 2.05) is 36.4 Å². The Morgan fingerprint density at radius 2 is 1.79 bits per heavy atom. The number of halogens is 4. The summed E-state index contributed by atoms with van der Waals surface area (Å²) < 4.78 is 46.5. The average molecular weight is 585 g/mol. The molecular formula is C28H24BrF3N4O2. The molecule has 6 nitrogen and oxygen atoms in total. The van der Waals surface area contributed by atoms with Crippen molar-refractivity contribution in [2.75, 3.05) is 36.4 Å². The molecule has 0 bridgehead atoms. The summed E-state index contributed by atoms with van der Waals surface area (Å²) >= 11 is 3.52. The van der Waals surface area contributed by atoms with Gasteiger partial charge >= 0.3 is 6.18 Å². The van der Waals surface area contributed by atoms with Crippen LogP contribution in [0.3, 0.4) is 0 Å². The summed E-state index contributed by atoms with van der Waals surface area (Å²) in [6.07, 6.45) is -2.92. The molecule has 1 aliphatic rings. The summed E-state index contributed by atoms with van der Waals surface area (Å²) in [7, 11) is 0. The second-order valence-electron chi connectivity index (χ2n) is 8.82. The maximum absolute atomic E-state index is 13.4. The zero-order valence-electron chi connectivity index (χ0n) is 20.2. The molecule has 1 aromatic heterocycles. The van der Waals surface area contributed by atoms with Gasteiger partial charge in [0.05, 0.1) is 16.9 Å². The molecule has 0 aliphatic carbocycles. The average Bonchev–Trinajstić information content (AvgIpc) is 2.92. The van der Waals surface area contributed by atoms with Gasteiger partial charge in [-0.2, -0.15) is 13.2 Å². The smallest absolute Gasteiger partial charge is 0.419 e. The van der Waals surface area contributed by atoms with Crippen molar-refractivity contribution in [3.05, 3.63) is 94.2 Å². The maximum Gasteiger partial charge on any atom is 0.419 e. The molecule has 4 aromatic rings. The van der Waals surface area contributed by atoms with Crippen LogP contribution in [0.1, 0.15) is 21.6 Å². The molecule has 2 heterocycles. The normalized spacial score (nSPS) is 13.9. The topological polar surface area (TPSA) is 66.5 Å². The number of hydrogen-bond donors (Lipinski definition) is 2. The van der Waals surface area contributed by atoms with Crippen LogP contribution in [0.2, 0.25) is 0 Å². The number of anilines is 2. The van der Waals surface area contributed by atoms with E-state index in [-0.39, 0.29) is 18.3 Å². The first-order chi connectivity index (χ1) is 18.3. The maximum atomic E-state index is 13.4. The standard InChI is InChI=1S/C28H24BrF3N4O2/c29-22-16-23(35-27(37)26-20-6-2-1-5-18(20)9-10-34-26)24(36-13-11-33-12-14-36)15-19(22)17-38-25-8-4-3-7-21(25)28(30,31)32/h1-10,15-16,33H,11-14,17H2,(H,35,37). The molecule has 0 atom stereocenters. The van der Waals surface area contributed by atoms with Crippen molar-refractivity contribution in [1.82, 2.24) is 10.3 Å². The first-order valence-electron chi connectivity index (χ1n) is 12.0. The minimum atomic E-state index is -4.52. The molecule has 5 rings (SSSR count). The molecule has 1 saturated heterocycles. The summed E-state index contributed by atoms with van der Waals surface area (Å²) in [6.45, 7) is 2.84. The fourth-order valence-corrected chi connectivity index (χ4v) is 4.91. The third-order valence-corrected chi connectivity index (χ3v) is 7.07. The number of alkyl halides is 3. The second-order valence-corrected chi connectivity index (χ2v) is 9.67. The lowest BCUT2D eigenvalue weighted by Crippen LogP contribution is -2.43. The molecular weight excluding hydrogens is 561 g/mol. The third kappa shape index (κ3) is 5.61. The molecule has 10 heteroatoms. The van der Waals surface area contributed by atoms with Gasteiger partial charge in [-0.25, -0.2) is 0 Å². The van der Waals surface area contributed by atoms with Crippen LogP contribution in [0, 0.1) is 0 Å². The summed E-state index contributed by atoms with van der Waals surface area (Å²) in [5, 5.41) is 7.95. The number of ether oxygens (including phenoxy) is 1. The van der Waals surface area contributed by atoms with E-state index in [1.165, 1.54) is 18.2 Å². The predicted molar refractivity (Wildman–Crippen MR) is 145 cm³/mol. The van der Waals surface area contributed by atoms with Crippen molar-refractivity contribution in [2.24, 2.45) is 0 Å². The third-order valence-electron chi connectivity index (χ3n) is 6.33. The van der Waals surface area contributed by atoms with Gasteiger partial charge in [-0.05, 0) is 35.7 Å². The Morgan fingerprint density at radius 1 is 1.05 bits per heavy atom. The SMILES string of the molecule is O=C(Nc1cc(Br)c(COc2ccccc2C(F)(F)F)cc1N1CCNCC1)c1nccc2ccccc12. The first-order valence-corrected chi connectivity index (χ1v) is 12.8. The number of nitrogens with one attached hydrogen (secondary N) is 2. The Hall–Kier alpha value is -3.63. The number of amides is 1. The fourth-order valence-electron chi connectivity index (χ4n) is 4.45. The number of benzene rings is 3. The van der Waals surface area contributed by atoms with E-state index < -0.39 is 11.7 Å². The van der Waals surface area contributed by atoms with E-state index in [9.17, 15) is 18.0 Å². The number of carbonyl (C=O) groups excluding carboxylic acids is 1. The van der Waals surface area contributed by atoms with Crippen LogP contribution in [0.4, 0.5) is 24.5 Å². The van der Waals surface area contributed by atoms with E-state index in [2.05, 4.69) is 36.4 Å². The highest BCUT2D eigenvalue weighted by molar-refractivity contribution is 9.10. The number of para-hydroxylation sites is 1. The van der Waals surface area contributed by atoms with Crippen LogP contribution in [0.5, 0.6) is 5.75 Å². The first kappa shape index (κ1) is 26.0. The summed E-state index contributed by atoms with van der Waals surface area (Å²) in [6, 6.07) is 18.1. The van der Waals surface area contributed by atoms with E-state index >= 15 is 0 Å². The number of pyridine rings is 1. The second kappa shape index (κ2) is 11.0. The number of nitrogens with zero attached hydrogens (tertiary/aromatic N) is 2. The molecule has 196 valence electrons. The number of aromatic nitrogens is 1. The van der Waals surface area contributed by atoms with Crippen LogP contribution >= 0.6 is 15.9 Å². The summed E-state index contributed by atoms with van der Waals surface area (Å²) in [5.41, 5.74) is 1.45. The minimum Gasteiger partial charge on any atom is -0.488 e. The Kier molecular flexibility index (Phi) is 7.53. The van der Waals surface area contributed by atoms with Gasteiger partial charge in [0.25, 0.3) is 5.91 Å². The van der Waals surface area contributed by atoms with Gasteiger partial charge in [-0.1, -0.05) is 52.3 Å². The molecule has 0 saturated carbocycles. The molecule has 0 spiro atoms. The fraction of sp³-hybridized carbons (Fsp3) is 0.214. The summed E-state index contributed by atoms with van der Waals surface area (Å²) in [5.74, 6) is -0.594. The van der Waals surface area contributed by atoms with Crippen molar-refractivity contribution >= 4 is 44.0 Å². The van der Waals surface area contributed by atoms with Gasteiger partial charge in [0.15, 0.2) is 0 Å². The van der Waals surface area contributed by atoms with Crippen LogP contribution in [-0.2, 0) is 12.8 Å². The Balaban J connectivity index is 1.46.